The highest BCUT2D eigenvalue weighted by atomic mass is 19.1. The van der Waals surface area contributed by atoms with Gasteiger partial charge in [-0.3, -0.25) is 4.79 Å². The largest absolute Gasteiger partial charge is 0.394 e. The highest BCUT2D eigenvalue weighted by molar-refractivity contribution is 6.00. The summed E-state index contributed by atoms with van der Waals surface area (Å²) >= 11 is 0. The zero-order valence-electron chi connectivity index (χ0n) is 17.2. The molecule has 0 aliphatic heterocycles. The summed E-state index contributed by atoms with van der Waals surface area (Å²) in [4.78, 5) is 17.0. The smallest absolute Gasteiger partial charge is 0.230 e. The molecule has 0 unspecified atom stereocenters. The molecule has 0 aliphatic carbocycles. The maximum atomic E-state index is 15.2. The third kappa shape index (κ3) is 3.92. The van der Waals surface area contributed by atoms with Crippen molar-refractivity contribution in [3.05, 3.63) is 78.1 Å². The summed E-state index contributed by atoms with van der Waals surface area (Å²) in [6, 6.07) is 12.3. The lowest BCUT2D eigenvalue weighted by Gasteiger charge is -2.05. The van der Waals surface area contributed by atoms with Crippen molar-refractivity contribution < 1.29 is 18.7 Å². The Kier molecular flexibility index (Phi) is 5.27. The van der Waals surface area contributed by atoms with Crippen molar-refractivity contribution in [1.29, 1.82) is 0 Å². The molecule has 2 N–H and O–H groups in total. The van der Waals surface area contributed by atoms with Crippen LogP contribution in [0.1, 0.15) is 5.56 Å². The van der Waals surface area contributed by atoms with Gasteiger partial charge < -0.3 is 10.4 Å². The van der Waals surface area contributed by atoms with Crippen LogP contribution in [0.2, 0.25) is 0 Å². The lowest BCUT2D eigenvalue weighted by molar-refractivity contribution is -0.115. The second kappa shape index (κ2) is 8.40. The predicted molar refractivity (Wildman–Crippen MR) is 117 cm³/mol. The number of nitrogens with zero attached hydrogens (tertiary/aromatic N) is 5. The van der Waals surface area contributed by atoms with Crippen molar-refractivity contribution in [2.45, 2.75) is 13.0 Å². The summed E-state index contributed by atoms with van der Waals surface area (Å²) in [5.74, 6) is -1.26. The molecule has 0 radical (unpaired) electrons. The third-order valence-electron chi connectivity index (χ3n) is 5.21. The minimum Gasteiger partial charge on any atom is -0.394 e. The molecule has 0 saturated heterocycles. The highest BCUT2D eigenvalue weighted by Gasteiger charge is 2.20. The van der Waals surface area contributed by atoms with Crippen LogP contribution in [0.25, 0.3) is 27.8 Å². The van der Waals surface area contributed by atoms with Crippen molar-refractivity contribution in [3.8, 4) is 11.3 Å². The second-order valence-electron chi connectivity index (χ2n) is 7.43. The zero-order valence-corrected chi connectivity index (χ0v) is 17.2. The van der Waals surface area contributed by atoms with Gasteiger partial charge in [0.05, 0.1) is 36.7 Å². The highest BCUT2D eigenvalue weighted by Crippen LogP contribution is 2.30. The van der Waals surface area contributed by atoms with E-state index in [1.807, 2.05) is 12.1 Å². The van der Waals surface area contributed by atoms with Gasteiger partial charge in [0.1, 0.15) is 11.5 Å². The van der Waals surface area contributed by atoms with E-state index in [9.17, 15) is 14.3 Å². The van der Waals surface area contributed by atoms with Gasteiger partial charge >= 0.3 is 0 Å². The molecule has 0 aliphatic rings. The molecule has 4 heterocycles. The van der Waals surface area contributed by atoms with Gasteiger partial charge in [-0.25, -0.2) is 23.0 Å². The van der Waals surface area contributed by atoms with E-state index in [0.29, 0.717) is 27.7 Å². The van der Waals surface area contributed by atoms with Gasteiger partial charge in [0, 0.05) is 11.8 Å². The van der Waals surface area contributed by atoms with E-state index in [2.05, 4.69) is 20.5 Å². The van der Waals surface area contributed by atoms with Crippen LogP contribution in [0, 0.1) is 11.6 Å². The molecule has 5 aromatic rings. The van der Waals surface area contributed by atoms with Crippen LogP contribution in [0.3, 0.4) is 0 Å². The SMILES string of the molecule is O=C(Cc1ccc(F)cc1)Nc1nn(CCO)c2nc(-c3cnn4ccccc34)c(F)cc12. The lowest BCUT2D eigenvalue weighted by atomic mass is 10.1. The number of nitrogens with one attached hydrogen (secondary N) is 1. The Hall–Kier alpha value is -4.18. The summed E-state index contributed by atoms with van der Waals surface area (Å²) in [7, 11) is 0. The molecule has 5 rings (SSSR count). The van der Waals surface area contributed by atoms with Crippen molar-refractivity contribution in [2.75, 3.05) is 11.9 Å². The fraction of sp³-hybridized carbons (Fsp3) is 0.130. The normalized spacial score (nSPS) is 11.4. The number of aromatic nitrogens is 5. The van der Waals surface area contributed by atoms with Crippen LogP contribution < -0.4 is 5.32 Å². The molecule has 1 aromatic carbocycles. The molecule has 4 aromatic heterocycles. The summed E-state index contributed by atoms with van der Waals surface area (Å²) in [6.45, 7) is -0.109. The average molecular weight is 448 g/mol. The quantitative estimate of drug-likeness (QED) is 0.416. The minimum atomic E-state index is -0.598. The number of halogens is 2. The van der Waals surface area contributed by atoms with Gasteiger partial charge in [-0.1, -0.05) is 18.2 Å². The first-order valence-electron chi connectivity index (χ1n) is 10.2. The maximum absolute atomic E-state index is 15.2. The van der Waals surface area contributed by atoms with Crippen LogP contribution in [0.15, 0.2) is 60.9 Å². The molecule has 0 spiro atoms. The third-order valence-corrected chi connectivity index (χ3v) is 5.21. The van der Waals surface area contributed by atoms with E-state index in [0.717, 1.165) is 0 Å². The number of aliphatic hydroxyl groups is 1. The van der Waals surface area contributed by atoms with E-state index in [1.165, 1.54) is 41.2 Å². The van der Waals surface area contributed by atoms with Gasteiger partial charge in [0.25, 0.3) is 0 Å². The van der Waals surface area contributed by atoms with E-state index in [1.54, 1.807) is 16.8 Å². The predicted octanol–water partition coefficient (Wildman–Crippen LogP) is 3.20. The Morgan fingerprint density at radius 3 is 2.73 bits per heavy atom. The van der Waals surface area contributed by atoms with Crippen molar-refractivity contribution in [2.24, 2.45) is 0 Å². The topological polar surface area (TPSA) is 97.3 Å². The number of hydrogen-bond acceptors (Lipinski definition) is 5. The molecular weight excluding hydrogens is 430 g/mol. The molecule has 166 valence electrons. The zero-order chi connectivity index (χ0) is 22.9. The molecule has 33 heavy (non-hydrogen) atoms. The monoisotopic (exact) mass is 448 g/mol. The number of carbonyl (C=O) groups is 1. The number of hydrogen-bond donors (Lipinski definition) is 2. The number of fused-ring (bicyclic) bond motifs is 2. The Labute approximate surface area is 186 Å². The fourth-order valence-electron chi connectivity index (χ4n) is 3.68. The van der Waals surface area contributed by atoms with E-state index < -0.39 is 17.5 Å². The summed E-state index contributed by atoms with van der Waals surface area (Å²) in [5.41, 5.74) is 2.21. The molecular formula is C23H18F2N6O2. The molecule has 0 fully saturated rings. The van der Waals surface area contributed by atoms with Gasteiger partial charge in [-0.15, -0.1) is 0 Å². The fourth-order valence-corrected chi connectivity index (χ4v) is 3.68. The van der Waals surface area contributed by atoms with Gasteiger partial charge in [0.2, 0.25) is 5.91 Å². The standard InChI is InChI=1S/C23H18F2N6O2/c24-15-6-4-14(5-7-15)11-20(33)27-22-16-12-18(25)21(28-23(16)31(29-22)9-10-32)17-13-26-30-8-2-1-3-19(17)30/h1-8,12-13,32H,9-11H2,(H,27,29,33). The van der Waals surface area contributed by atoms with E-state index >= 15 is 4.39 Å². The van der Waals surface area contributed by atoms with Crippen LogP contribution in [-0.2, 0) is 17.8 Å². The molecule has 0 atom stereocenters. The van der Waals surface area contributed by atoms with Crippen molar-refractivity contribution in [1.82, 2.24) is 24.4 Å². The van der Waals surface area contributed by atoms with Crippen LogP contribution in [0.4, 0.5) is 14.6 Å². The Balaban J connectivity index is 1.53. The van der Waals surface area contributed by atoms with Crippen molar-refractivity contribution in [3.63, 3.8) is 0 Å². The second-order valence-corrected chi connectivity index (χ2v) is 7.43. The van der Waals surface area contributed by atoms with Gasteiger partial charge in [-0.2, -0.15) is 10.2 Å². The number of anilines is 1. The molecule has 10 heteroatoms. The molecule has 0 saturated carbocycles. The molecule has 8 nitrogen and oxygen atoms in total. The van der Waals surface area contributed by atoms with Gasteiger partial charge in [0.15, 0.2) is 17.3 Å². The number of pyridine rings is 2. The Bertz CT molecular complexity index is 1480. The van der Waals surface area contributed by atoms with Gasteiger partial charge in [-0.05, 0) is 35.9 Å². The molecule has 1 amide bonds. The Morgan fingerprint density at radius 1 is 1.12 bits per heavy atom. The minimum absolute atomic E-state index is 0.00890. The van der Waals surface area contributed by atoms with Crippen molar-refractivity contribution >= 4 is 28.3 Å². The summed E-state index contributed by atoms with van der Waals surface area (Å²) in [6.07, 6.45) is 3.27. The number of rotatable bonds is 6. The Morgan fingerprint density at radius 2 is 1.94 bits per heavy atom. The first-order valence-corrected chi connectivity index (χ1v) is 10.2. The number of aliphatic hydroxyl groups excluding tert-OH is 1. The summed E-state index contributed by atoms with van der Waals surface area (Å²) in [5, 5.41) is 21.0. The lowest BCUT2D eigenvalue weighted by Crippen LogP contribution is -2.15. The van der Waals surface area contributed by atoms with Crippen LogP contribution >= 0.6 is 0 Å². The van der Waals surface area contributed by atoms with Crippen LogP contribution in [0.5, 0.6) is 0 Å². The number of benzene rings is 1. The van der Waals surface area contributed by atoms with Crippen LogP contribution in [-0.4, -0.2) is 42.0 Å². The number of carbonyl (C=O) groups excluding carboxylic acids is 1. The van der Waals surface area contributed by atoms with E-state index in [4.69, 9.17) is 0 Å². The summed E-state index contributed by atoms with van der Waals surface area (Å²) < 4.78 is 31.3. The first kappa shape index (κ1) is 20.7. The first-order chi connectivity index (χ1) is 16.0. The average Bonchev–Trinajstić information content (AvgIpc) is 3.37. The maximum Gasteiger partial charge on any atom is 0.230 e. The number of amides is 1. The molecule has 0 bridgehead atoms. The van der Waals surface area contributed by atoms with E-state index in [-0.39, 0.29) is 31.1 Å².